The zero-order chi connectivity index (χ0) is 23.1. The predicted octanol–water partition coefficient (Wildman–Crippen LogP) is 2.69. The molecule has 10 heteroatoms. The van der Waals surface area contributed by atoms with Gasteiger partial charge >= 0.3 is 6.09 Å². The number of amidine groups is 1. The van der Waals surface area contributed by atoms with Crippen molar-refractivity contribution in [2.75, 3.05) is 13.1 Å². The van der Waals surface area contributed by atoms with Gasteiger partial charge in [0.1, 0.15) is 28.7 Å². The Morgan fingerprint density at radius 2 is 2.06 bits per heavy atom. The molecule has 166 valence electrons. The first kappa shape index (κ1) is 21.5. The number of likely N-dealkylation sites (tertiary alicyclic amines) is 1. The lowest BCUT2D eigenvalue weighted by Gasteiger charge is -2.53. The maximum atomic E-state index is 13.3. The van der Waals surface area contributed by atoms with E-state index in [9.17, 15) is 19.2 Å². The third-order valence-corrected chi connectivity index (χ3v) is 5.33. The monoisotopic (exact) mass is 438 g/mol. The maximum absolute atomic E-state index is 13.3. The Morgan fingerprint density at radius 1 is 1.38 bits per heavy atom. The molecule has 32 heavy (non-hydrogen) atoms. The van der Waals surface area contributed by atoms with Crippen molar-refractivity contribution in [3.8, 4) is 6.07 Å². The lowest BCUT2D eigenvalue weighted by molar-refractivity contribution is -0.119. The molecule has 0 aromatic heterocycles. The van der Waals surface area contributed by atoms with Crippen molar-refractivity contribution in [1.82, 2.24) is 15.3 Å². The molecule has 0 spiro atoms. The van der Waals surface area contributed by atoms with Crippen LogP contribution in [0.3, 0.4) is 0 Å². The van der Waals surface area contributed by atoms with E-state index in [2.05, 4.69) is 21.5 Å². The molecule has 0 saturated carbocycles. The summed E-state index contributed by atoms with van der Waals surface area (Å²) in [7, 11) is 0. The Labute approximate surface area is 184 Å². The van der Waals surface area contributed by atoms with Crippen molar-refractivity contribution in [2.45, 2.75) is 38.3 Å². The summed E-state index contributed by atoms with van der Waals surface area (Å²) < 4.78 is 18.7. The second kappa shape index (κ2) is 7.75. The molecule has 1 aromatic rings. The van der Waals surface area contributed by atoms with Crippen molar-refractivity contribution in [3.05, 3.63) is 41.9 Å². The van der Waals surface area contributed by atoms with Crippen LogP contribution in [0.1, 0.15) is 27.2 Å². The minimum absolute atomic E-state index is 0.110. The predicted molar refractivity (Wildman–Crippen MR) is 114 cm³/mol. The first-order valence-electron chi connectivity index (χ1n) is 10.2. The molecule has 4 rings (SSSR count). The molecule has 3 aliphatic rings. The fourth-order valence-electron chi connectivity index (χ4n) is 3.92. The lowest BCUT2D eigenvalue weighted by Crippen LogP contribution is -2.72. The number of fused-ring (bicyclic) bond motifs is 1. The summed E-state index contributed by atoms with van der Waals surface area (Å²) in [6.45, 7) is 5.84. The summed E-state index contributed by atoms with van der Waals surface area (Å²) in [5.74, 6) is -1.22. The molecule has 1 atom stereocenters. The van der Waals surface area contributed by atoms with E-state index in [4.69, 9.17) is 4.74 Å². The second-order valence-corrected chi connectivity index (χ2v) is 8.96. The van der Waals surface area contributed by atoms with Crippen molar-refractivity contribution in [3.63, 3.8) is 0 Å². The number of aliphatic imine (C=N–C) groups is 2. The van der Waals surface area contributed by atoms with Gasteiger partial charge in [-0.15, -0.1) is 0 Å². The van der Waals surface area contributed by atoms with Crippen LogP contribution in [-0.4, -0.2) is 58.2 Å². The van der Waals surface area contributed by atoms with Crippen LogP contribution in [0, 0.1) is 23.1 Å². The Morgan fingerprint density at radius 3 is 2.69 bits per heavy atom. The standard InChI is InChI=1S/C22H23FN6O3/c1-21(2,3)32-20(31)28-12-22(13-28,9-10-24)29-16-8-11-25-19(30)17(16)18(27-29)26-15-6-4-14(23)5-7-15/h4-8,11,17H,9,12-13H2,1-3H3,(H,26,27). The fraction of sp³-hybridized carbons (Fsp3) is 0.409. The Balaban J connectivity index is 1.63. The highest BCUT2D eigenvalue weighted by Crippen LogP contribution is 2.40. The number of carbonyl (C=O) groups is 2. The molecule has 1 aromatic carbocycles. The van der Waals surface area contributed by atoms with Crippen LogP contribution in [0.15, 0.2) is 46.0 Å². The van der Waals surface area contributed by atoms with Crippen molar-refractivity contribution in [2.24, 2.45) is 15.9 Å². The van der Waals surface area contributed by atoms with Gasteiger partial charge in [0.2, 0.25) is 0 Å². The number of dihydropyridines is 1. The topological polar surface area (TPSA) is 110 Å². The summed E-state index contributed by atoms with van der Waals surface area (Å²) in [4.78, 5) is 34.9. The number of hydrazine groups is 1. The molecule has 2 saturated heterocycles. The van der Waals surface area contributed by atoms with E-state index in [1.165, 1.54) is 35.4 Å². The number of carbonyl (C=O) groups excluding carboxylic acids is 2. The van der Waals surface area contributed by atoms with Crippen molar-refractivity contribution in [1.29, 1.82) is 5.26 Å². The molecular weight excluding hydrogens is 415 g/mol. The largest absolute Gasteiger partial charge is 0.444 e. The van der Waals surface area contributed by atoms with Gasteiger partial charge in [-0.2, -0.15) is 5.26 Å². The van der Waals surface area contributed by atoms with E-state index < -0.39 is 34.9 Å². The third-order valence-electron chi connectivity index (χ3n) is 5.33. The number of amides is 2. The molecule has 0 aliphatic carbocycles. The zero-order valence-electron chi connectivity index (χ0n) is 18.0. The number of hydrogen-bond donors (Lipinski definition) is 1. The Bertz CT molecular complexity index is 1070. The SMILES string of the molecule is CC(C)(C)OC(=O)N1CC(CC#N)(N2NC(=Nc3ccc(F)cc3)C3C(=O)N=CC=C32)C1. The Hall–Kier alpha value is -3.74. The van der Waals surface area contributed by atoms with Gasteiger partial charge in [-0.25, -0.2) is 19.2 Å². The number of rotatable bonds is 3. The smallest absolute Gasteiger partial charge is 0.410 e. The number of nitrogens with zero attached hydrogens (tertiary/aromatic N) is 5. The second-order valence-electron chi connectivity index (χ2n) is 8.96. The third kappa shape index (κ3) is 3.93. The van der Waals surface area contributed by atoms with Gasteiger partial charge in [0.05, 0.1) is 37.0 Å². The van der Waals surface area contributed by atoms with E-state index in [1.54, 1.807) is 31.9 Å². The number of hydrogen-bond acceptors (Lipinski definition) is 6. The molecule has 1 unspecified atom stereocenters. The molecule has 2 amide bonds. The maximum Gasteiger partial charge on any atom is 0.410 e. The molecular formula is C22H23FN6O3. The summed E-state index contributed by atoms with van der Waals surface area (Å²) in [6.07, 6.45) is 2.76. The van der Waals surface area contributed by atoms with Crippen molar-refractivity contribution < 1.29 is 18.7 Å². The fourth-order valence-corrected chi connectivity index (χ4v) is 3.92. The normalized spacial score (nSPS) is 22.6. The summed E-state index contributed by atoms with van der Waals surface area (Å²) in [5, 5.41) is 11.2. The molecule has 0 radical (unpaired) electrons. The van der Waals surface area contributed by atoms with Gasteiger partial charge in [-0.1, -0.05) is 0 Å². The van der Waals surface area contributed by atoms with Gasteiger partial charge in [0, 0.05) is 6.21 Å². The molecule has 0 bridgehead atoms. The lowest BCUT2D eigenvalue weighted by atomic mass is 9.85. The molecule has 2 fully saturated rings. The van der Waals surface area contributed by atoms with Crippen LogP contribution in [0.4, 0.5) is 14.9 Å². The number of ether oxygens (including phenoxy) is 1. The van der Waals surface area contributed by atoms with Crippen LogP contribution in [-0.2, 0) is 9.53 Å². The minimum Gasteiger partial charge on any atom is -0.444 e. The first-order chi connectivity index (χ1) is 15.1. The molecule has 3 heterocycles. The molecule has 9 nitrogen and oxygen atoms in total. The van der Waals surface area contributed by atoms with Gasteiger partial charge < -0.3 is 9.64 Å². The van der Waals surface area contributed by atoms with Crippen LogP contribution in [0.25, 0.3) is 0 Å². The average Bonchev–Trinajstić information content (AvgIpc) is 3.05. The van der Waals surface area contributed by atoms with Gasteiger partial charge in [-0.3, -0.25) is 15.2 Å². The number of benzene rings is 1. The van der Waals surface area contributed by atoms with Gasteiger partial charge in [-0.05, 0) is 51.1 Å². The summed E-state index contributed by atoms with van der Waals surface area (Å²) in [6, 6.07) is 7.76. The first-order valence-corrected chi connectivity index (χ1v) is 10.2. The van der Waals surface area contributed by atoms with E-state index in [-0.39, 0.29) is 19.5 Å². The van der Waals surface area contributed by atoms with Crippen LogP contribution < -0.4 is 5.43 Å². The quantitative estimate of drug-likeness (QED) is 0.777. The van der Waals surface area contributed by atoms with E-state index >= 15 is 0 Å². The van der Waals surface area contributed by atoms with E-state index in [1.807, 2.05) is 0 Å². The summed E-state index contributed by atoms with van der Waals surface area (Å²) >= 11 is 0. The number of halogens is 1. The summed E-state index contributed by atoms with van der Waals surface area (Å²) in [5.41, 5.74) is 2.83. The Kier molecular flexibility index (Phi) is 5.20. The van der Waals surface area contributed by atoms with Crippen LogP contribution in [0.5, 0.6) is 0 Å². The minimum atomic E-state index is -0.767. The van der Waals surface area contributed by atoms with E-state index in [0.29, 0.717) is 17.2 Å². The van der Waals surface area contributed by atoms with E-state index in [0.717, 1.165) is 0 Å². The zero-order valence-corrected chi connectivity index (χ0v) is 18.0. The average molecular weight is 438 g/mol. The number of allylic oxidation sites excluding steroid dienone is 1. The highest BCUT2D eigenvalue weighted by Gasteiger charge is 2.56. The highest BCUT2D eigenvalue weighted by atomic mass is 19.1. The van der Waals surface area contributed by atoms with Gasteiger partial charge in [0.25, 0.3) is 5.91 Å². The van der Waals surface area contributed by atoms with Crippen LogP contribution >= 0.6 is 0 Å². The number of nitriles is 1. The molecule has 1 N–H and O–H groups in total. The van der Waals surface area contributed by atoms with Crippen molar-refractivity contribution >= 4 is 29.7 Å². The number of nitrogens with one attached hydrogen (secondary N) is 1. The van der Waals surface area contributed by atoms with Gasteiger partial charge in [0.15, 0.2) is 0 Å². The van der Waals surface area contributed by atoms with Crippen LogP contribution in [0.2, 0.25) is 0 Å². The molecule has 3 aliphatic heterocycles. The highest BCUT2D eigenvalue weighted by molar-refractivity contribution is 6.12.